The molecular weight excluding hydrogens is 244 g/mol. The molecule has 3 N–H and O–H groups in total. The van der Waals surface area contributed by atoms with Crippen molar-refractivity contribution < 1.29 is 19.1 Å². The first kappa shape index (κ1) is 12.0. The number of rotatable bonds is 3. The summed E-state index contributed by atoms with van der Waals surface area (Å²) < 4.78 is 5.22. The topological polar surface area (TPSA) is 96.8 Å². The number of aliphatic carboxylic acids is 1. The molecule has 0 bridgehead atoms. The molecule has 0 saturated carbocycles. The van der Waals surface area contributed by atoms with E-state index in [1.807, 2.05) is 0 Å². The molecule has 1 aliphatic rings. The van der Waals surface area contributed by atoms with Crippen molar-refractivity contribution in [2.24, 2.45) is 5.73 Å². The number of furan rings is 1. The minimum atomic E-state index is -0.992. The van der Waals surface area contributed by atoms with Crippen molar-refractivity contribution in [3.63, 3.8) is 0 Å². The summed E-state index contributed by atoms with van der Waals surface area (Å²) in [4.78, 5) is 24.3. The summed E-state index contributed by atoms with van der Waals surface area (Å²) in [5.41, 5.74) is 5.38. The summed E-state index contributed by atoms with van der Waals surface area (Å²) in [7, 11) is 0. The molecular formula is C10H12N2O4S. The molecule has 0 aliphatic carbocycles. The number of hydrogen-bond donors (Lipinski definition) is 2. The molecule has 0 spiro atoms. The van der Waals surface area contributed by atoms with Crippen molar-refractivity contribution in [3.05, 3.63) is 23.7 Å². The van der Waals surface area contributed by atoms with Gasteiger partial charge in [-0.3, -0.25) is 4.79 Å². The van der Waals surface area contributed by atoms with Gasteiger partial charge in [-0.2, -0.15) is 0 Å². The third kappa shape index (κ3) is 2.29. The van der Waals surface area contributed by atoms with Crippen LogP contribution in [-0.2, 0) is 11.3 Å². The summed E-state index contributed by atoms with van der Waals surface area (Å²) in [5, 5.41) is 8.97. The summed E-state index contributed by atoms with van der Waals surface area (Å²) in [6.07, 6.45) is 0. The van der Waals surface area contributed by atoms with E-state index in [0.29, 0.717) is 17.4 Å². The van der Waals surface area contributed by atoms with Gasteiger partial charge in [0, 0.05) is 5.75 Å². The Bertz CT molecular complexity index is 445. The fraction of sp³-hybridized carbons (Fsp3) is 0.400. The van der Waals surface area contributed by atoms with Gasteiger partial charge < -0.3 is 20.2 Å². The first-order chi connectivity index (χ1) is 8.13. The maximum atomic E-state index is 12.0. The average Bonchev–Trinajstić information content (AvgIpc) is 2.97. The summed E-state index contributed by atoms with van der Waals surface area (Å²) in [6, 6.07) is 2.36. The second-order valence-corrected chi connectivity index (χ2v) is 4.60. The molecule has 2 heterocycles. The second-order valence-electron chi connectivity index (χ2n) is 3.60. The van der Waals surface area contributed by atoms with Gasteiger partial charge in [0.15, 0.2) is 5.76 Å². The highest BCUT2D eigenvalue weighted by Crippen LogP contribution is 2.23. The molecule has 0 radical (unpaired) electrons. The van der Waals surface area contributed by atoms with Crippen LogP contribution >= 0.6 is 11.8 Å². The van der Waals surface area contributed by atoms with Gasteiger partial charge in [-0.25, -0.2) is 4.79 Å². The SMILES string of the molecule is NCc1ccc(C(=O)N2CSC[C@H]2C(=O)O)o1. The first-order valence-corrected chi connectivity index (χ1v) is 6.19. The number of nitrogens with two attached hydrogens (primary N) is 1. The number of carboxylic acid groups (broad SMARTS) is 1. The molecule has 1 aliphatic heterocycles. The predicted octanol–water partition coefficient (Wildman–Crippen LogP) is 0.338. The Kier molecular flexibility index (Phi) is 3.39. The van der Waals surface area contributed by atoms with Crippen molar-refractivity contribution in [3.8, 4) is 0 Å². The third-order valence-electron chi connectivity index (χ3n) is 2.50. The molecule has 6 nitrogen and oxygen atoms in total. The highest BCUT2D eigenvalue weighted by molar-refractivity contribution is 7.99. The normalized spacial score (nSPS) is 19.6. The largest absolute Gasteiger partial charge is 0.480 e. The fourth-order valence-corrected chi connectivity index (χ4v) is 2.74. The smallest absolute Gasteiger partial charge is 0.327 e. The van der Waals surface area contributed by atoms with Crippen molar-refractivity contribution in [1.29, 1.82) is 0 Å². The van der Waals surface area contributed by atoms with Gasteiger partial charge in [0.2, 0.25) is 0 Å². The average molecular weight is 256 g/mol. The molecule has 0 aromatic carbocycles. The molecule has 2 rings (SSSR count). The van der Waals surface area contributed by atoms with Gasteiger partial charge >= 0.3 is 5.97 Å². The van der Waals surface area contributed by atoms with Gasteiger partial charge in [-0.15, -0.1) is 11.8 Å². The molecule has 1 amide bonds. The second kappa shape index (κ2) is 4.80. The number of hydrogen-bond acceptors (Lipinski definition) is 5. The van der Waals surface area contributed by atoms with E-state index < -0.39 is 17.9 Å². The van der Waals surface area contributed by atoms with Crippen LogP contribution in [-0.4, -0.2) is 39.6 Å². The molecule has 92 valence electrons. The number of carboxylic acids is 1. The van der Waals surface area contributed by atoms with Crippen molar-refractivity contribution in [1.82, 2.24) is 4.90 Å². The Morgan fingerprint density at radius 2 is 2.35 bits per heavy atom. The Morgan fingerprint density at radius 1 is 1.59 bits per heavy atom. The number of nitrogens with zero attached hydrogens (tertiary/aromatic N) is 1. The van der Waals surface area contributed by atoms with E-state index in [1.165, 1.54) is 22.7 Å². The van der Waals surface area contributed by atoms with Crippen LogP contribution in [0.25, 0.3) is 0 Å². The molecule has 1 atom stereocenters. The lowest BCUT2D eigenvalue weighted by Crippen LogP contribution is -2.41. The van der Waals surface area contributed by atoms with Gasteiger partial charge in [0.25, 0.3) is 5.91 Å². The predicted molar refractivity (Wildman–Crippen MR) is 61.5 cm³/mol. The van der Waals surface area contributed by atoms with Crippen molar-refractivity contribution in [2.45, 2.75) is 12.6 Å². The van der Waals surface area contributed by atoms with Gasteiger partial charge in [-0.05, 0) is 12.1 Å². The van der Waals surface area contributed by atoms with E-state index in [4.69, 9.17) is 15.3 Å². The van der Waals surface area contributed by atoms with Crippen molar-refractivity contribution >= 4 is 23.6 Å². The molecule has 0 unspecified atom stereocenters. The van der Waals surface area contributed by atoms with E-state index in [-0.39, 0.29) is 12.3 Å². The summed E-state index contributed by atoms with van der Waals surface area (Å²) >= 11 is 1.41. The van der Waals surface area contributed by atoms with Crippen LogP contribution in [0, 0.1) is 0 Å². The number of thioether (sulfide) groups is 1. The van der Waals surface area contributed by atoms with Crippen LogP contribution in [0.3, 0.4) is 0 Å². The minimum Gasteiger partial charge on any atom is -0.480 e. The monoisotopic (exact) mass is 256 g/mol. The number of carbonyl (C=O) groups is 2. The molecule has 1 aromatic rings. The maximum absolute atomic E-state index is 12.0. The van der Waals surface area contributed by atoms with Crippen LogP contribution in [0.1, 0.15) is 16.3 Å². The summed E-state index contributed by atoms with van der Waals surface area (Å²) in [5.74, 6) is 0.0299. The number of amides is 1. The van der Waals surface area contributed by atoms with E-state index in [2.05, 4.69) is 0 Å². The zero-order valence-electron chi connectivity index (χ0n) is 8.96. The van der Waals surface area contributed by atoms with E-state index >= 15 is 0 Å². The van der Waals surface area contributed by atoms with Crippen LogP contribution in [0.2, 0.25) is 0 Å². The highest BCUT2D eigenvalue weighted by atomic mass is 32.2. The highest BCUT2D eigenvalue weighted by Gasteiger charge is 2.36. The third-order valence-corrected chi connectivity index (χ3v) is 3.51. The molecule has 17 heavy (non-hydrogen) atoms. The molecule has 7 heteroatoms. The molecule has 1 fully saturated rings. The Morgan fingerprint density at radius 3 is 2.94 bits per heavy atom. The first-order valence-electron chi connectivity index (χ1n) is 5.03. The van der Waals surface area contributed by atoms with Crippen LogP contribution in [0.15, 0.2) is 16.5 Å². The van der Waals surface area contributed by atoms with Crippen LogP contribution in [0.4, 0.5) is 0 Å². The Balaban J connectivity index is 2.16. The maximum Gasteiger partial charge on any atom is 0.327 e. The zero-order valence-corrected chi connectivity index (χ0v) is 9.77. The van der Waals surface area contributed by atoms with Gasteiger partial charge in [-0.1, -0.05) is 0 Å². The molecule has 1 saturated heterocycles. The van der Waals surface area contributed by atoms with E-state index in [9.17, 15) is 9.59 Å². The lowest BCUT2D eigenvalue weighted by molar-refractivity contribution is -0.140. The van der Waals surface area contributed by atoms with Crippen molar-refractivity contribution in [2.75, 3.05) is 11.6 Å². The quantitative estimate of drug-likeness (QED) is 0.809. The lowest BCUT2D eigenvalue weighted by atomic mass is 10.3. The standard InChI is InChI=1S/C10H12N2O4S/c11-3-6-1-2-8(16-6)9(13)12-5-17-4-7(12)10(14)15/h1-2,7H,3-5,11H2,(H,14,15)/t7-/m0/s1. The Labute approximate surface area is 102 Å². The molecule has 1 aromatic heterocycles. The van der Waals surface area contributed by atoms with E-state index in [1.54, 1.807) is 6.07 Å². The van der Waals surface area contributed by atoms with E-state index in [0.717, 1.165) is 0 Å². The van der Waals surface area contributed by atoms with Crippen LogP contribution < -0.4 is 5.73 Å². The lowest BCUT2D eigenvalue weighted by Gasteiger charge is -2.18. The summed E-state index contributed by atoms with van der Waals surface area (Å²) in [6.45, 7) is 0.213. The zero-order chi connectivity index (χ0) is 12.4. The van der Waals surface area contributed by atoms with Gasteiger partial charge in [0.1, 0.15) is 11.8 Å². The number of carbonyl (C=O) groups excluding carboxylic acids is 1. The Hall–Kier alpha value is -1.47. The van der Waals surface area contributed by atoms with Crippen LogP contribution in [0.5, 0.6) is 0 Å². The minimum absolute atomic E-state index is 0.138. The van der Waals surface area contributed by atoms with Gasteiger partial charge in [0.05, 0.1) is 12.4 Å². The fourth-order valence-electron chi connectivity index (χ4n) is 1.59.